The molecule has 2 N–H and O–H groups in total. The second-order valence-corrected chi connectivity index (χ2v) is 8.19. The Morgan fingerprint density at radius 3 is 2.31 bits per heavy atom. The summed E-state index contributed by atoms with van der Waals surface area (Å²) in [4.78, 5) is 28.1. The Balaban J connectivity index is 1.52. The van der Waals surface area contributed by atoms with Gasteiger partial charge in [0.2, 0.25) is 0 Å². The van der Waals surface area contributed by atoms with Gasteiger partial charge in [-0.15, -0.1) is 0 Å². The molecule has 5 nitrogen and oxygen atoms in total. The van der Waals surface area contributed by atoms with Crippen LogP contribution >= 0.6 is 0 Å². The van der Waals surface area contributed by atoms with Crippen LogP contribution in [0, 0.1) is 6.92 Å². The first-order valence-electron chi connectivity index (χ1n) is 11.2. The van der Waals surface area contributed by atoms with Gasteiger partial charge in [0.15, 0.2) is 0 Å². The summed E-state index contributed by atoms with van der Waals surface area (Å²) in [6, 6.07) is 23.2. The predicted molar refractivity (Wildman–Crippen MR) is 130 cm³/mol. The maximum Gasteiger partial charge on any atom is 0.255 e. The summed E-state index contributed by atoms with van der Waals surface area (Å²) in [5.74, 6) is -0.290. The van der Waals surface area contributed by atoms with Crippen LogP contribution in [0.2, 0.25) is 0 Å². The largest absolute Gasteiger partial charge is 0.371 e. The van der Waals surface area contributed by atoms with Gasteiger partial charge in [0, 0.05) is 36.6 Å². The van der Waals surface area contributed by atoms with E-state index in [1.165, 1.54) is 5.56 Å². The van der Waals surface area contributed by atoms with E-state index in [2.05, 4.69) is 27.7 Å². The summed E-state index contributed by atoms with van der Waals surface area (Å²) in [5.41, 5.74) is 4.87. The van der Waals surface area contributed by atoms with Crippen LogP contribution in [0.15, 0.2) is 72.8 Å². The fraction of sp³-hybridized carbons (Fsp3) is 0.259. The van der Waals surface area contributed by atoms with Crippen LogP contribution in [0.1, 0.15) is 44.7 Å². The molecule has 0 spiro atoms. The van der Waals surface area contributed by atoms with E-state index in [0.717, 1.165) is 43.6 Å². The van der Waals surface area contributed by atoms with Crippen LogP contribution in [0.4, 0.5) is 11.4 Å². The maximum atomic E-state index is 13.1. The third kappa shape index (κ3) is 5.17. The Morgan fingerprint density at radius 2 is 1.56 bits per heavy atom. The van der Waals surface area contributed by atoms with Gasteiger partial charge in [-0.2, -0.15) is 0 Å². The molecule has 0 bridgehead atoms. The molecular formula is C27H29N3O2. The SMILES string of the molecule is Cc1ccccc1C(=O)Nc1ccc(N2CCCC2)c(C(=O)NCCc2ccccc2)c1. The fourth-order valence-corrected chi connectivity index (χ4v) is 4.12. The van der Waals surface area contributed by atoms with Crippen molar-refractivity contribution in [2.75, 3.05) is 29.9 Å². The van der Waals surface area contributed by atoms with Gasteiger partial charge in [0.25, 0.3) is 11.8 Å². The van der Waals surface area contributed by atoms with Gasteiger partial charge in [-0.3, -0.25) is 9.59 Å². The van der Waals surface area contributed by atoms with Gasteiger partial charge >= 0.3 is 0 Å². The highest BCUT2D eigenvalue weighted by Gasteiger charge is 2.20. The lowest BCUT2D eigenvalue weighted by atomic mass is 10.1. The molecule has 0 atom stereocenters. The highest BCUT2D eigenvalue weighted by Crippen LogP contribution is 2.28. The lowest BCUT2D eigenvalue weighted by molar-refractivity contribution is 0.0953. The van der Waals surface area contributed by atoms with E-state index in [-0.39, 0.29) is 11.8 Å². The molecule has 1 fully saturated rings. The number of nitrogens with one attached hydrogen (secondary N) is 2. The zero-order valence-electron chi connectivity index (χ0n) is 18.4. The number of carbonyl (C=O) groups excluding carboxylic acids is 2. The maximum absolute atomic E-state index is 13.1. The quantitative estimate of drug-likeness (QED) is 0.568. The van der Waals surface area contributed by atoms with Crippen LogP contribution in [-0.2, 0) is 6.42 Å². The van der Waals surface area contributed by atoms with Crippen molar-refractivity contribution in [3.63, 3.8) is 0 Å². The van der Waals surface area contributed by atoms with Crippen LogP contribution < -0.4 is 15.5 Å². The summed E-state index contributed by atoms with van der Waals surface area (Å²) >= 11 is 0. The number of anilines is 2. The van der Waals surface area contributed by atoms with Crippen molar-refractivity contribution in [3.8, 4) is 0 Å². The number of hydrogen-bond donors (Lipinski definition) is 2. The molecule has 0 radical (unpaired) electrons. The minimum atomic E-state index is -0.174. The molecule has 4 rings (SSSR count). The van der Waals surface area contributed by atoms with E-state index in [4.69, 9.17) is 0 Å². The van der Waals surface area contributed by atoms with Gasteiger partial charge in [-0.05, 0) is 61.6 Å². The standard InChI is InChI=1S/C27H29N3O2/c1-20-9-5-6-12-23(20)27(32)29-22-13-14-25(30-17-7-8-18-30)24(19-22)26(31)28-16-15-21-10-3-2-4-11-21/h2-6,9-14,19H,7-8,15-18H2,1H3,(H,28,31)(H,29,32). The summed E-state index contributed by atoms with van der Waals surface area (Å²) < 4.78 is 0. The molecule has 2 amide bonds. The molecule has 0 aromatic heterocycles. The van der Waals surface area contributed by atoms with Gasteiger partial charge in [-0.25, -0.2) is 0 Å². The van der Waals surface area contributed by atoms with Crippen molar-refractivity contribution in [1.82, 2.24) is 5.32 Å². The number of nitrogens with zero attached hydrogens (tertiary/aromatic N) is 1. The second kappa shape index (κ2) is 10.1. The number of hydrogen-bond acceptors (Lipinski definition) is 3. The zero-order chi connectivity index (χ0) is 22.3. The number of amides is 2. The van der Waals surface area contributed by atoms with Crippen molar-refractivity contribution in [2.24, 2.45) is 0 Å². The van der Waals surface area contributed by atoms with Crippen molar-refractivity contribution in [1.29, 1.82) is 0 Å². The molecule has 164 valence electrons. The van der Waals surface area contributed by atoms with Crippen molar-refractivity contribution >= 4 is 23.2 Å². The Hall–Kier alpha value is -3.60. The molecular weight excluding hydrogens is 398 g/mol. The highest BCUT2D eigenvalue weighted by atomic mass is 16.2. The Morgan fingerprint density at radius 1 is 0.844 bits per heavy atom. The van der Waals surface area contributed by atoms with E-state index < -0.39 is 0 Å². The Bertz CT molecular complexity index is 1090. The minimum Gasteiger partial charge on any atom is -0.371 e. The molecule has 5 heteroatoms. The summed E-state index contributed by atoms with van der Waals surface area (Å²) in [6.07, 6.45) is 3.02. The molecule has 32 heavy (non-hydrogen) atoms. The van der Waals surface area contributed by atoms with E-state index >= 15 is 0 Å². The predicted octanol–water partition coefficient (Wildman–Crippen LogP) is 4.82. The van der Waals surface area contributed by atoms with E-state index in [9.17, 15) is 9.59 Å². The molecule has 0 saturated carbocycles. The molecule has 1 aliphatic rings. The fourth-order valence-electron chi connectivity index (χ4n) is 4.12. The Labute approximate surface area is 189 Å². The van der Waals surface area contributed by atoms with E-state index in [0.29, 0.717) is 23.4 Å². The molecule has 1 heterocycles. The summed E-state index contributed by atoms with van der Waals surface area (Å²) in [6.45, 7) is 4.36. The molecule has 3 aromatic rings. The van der Waals surface area contributed by atoms with Crippen molar-refractivity contribution in [3.05, 3.63) is 95.1 Å². The average Bonchev–Trinajstić information content (AvgIpc) is 3.35. The van der Waals surface area contributed by atoms with Gasteiger partial charge < -0.3 is 15.5 Å². The topological polar surface area (TPSA) is 61.4 Å². The number of rotatable bonds is 7. The average molecular weight is 428 g/mol. The summed E-state index contributed by atoms with van der Waals surface area (Å²) in [5, 5.41) is 6.01. The lowest BCUT2D eigenvalue weighted by Gasteiger charge is -2.22. The van der Waals surface area contributed by atoms with Crippen LogP contribution in [0.5, 0.6) is 0 Å². The van der Waals surface area contributed by atoms with Crippen LogP contribution in [0.25, 0.3) is 0 Å². The number of aryl methyl sites for hydroxylation is 1. The number of benzene rings is 3. The van der Waals surface area contributed by atoms with Gasteiger partial charge in [0.1, 0.15) is 0 Å². The van der Waals surface area contributed by atoms with Gasteiger partial charge in [0.05, 0.1) is 5.56 Å². The second-order valence-electron chi connectivity index (χ2n) is 8.19. The van der Waals surface area contributed by atoms with E-state index in [1.807, 2.05) is 55.5 Å². The summed E-state index contributed by atoms with van der Waals surface area (Å²) in [7, 11) is 0. The Kier molecular flexibility index (Phi) is 6.85. The zero-order valence-corrected chi connectivity index (χ0v) is 18.4. The molecule has 0 aliphatic carbocycles. The third-order valence-electron chi connectivity index (χ3n) is 5.88. The molecule has 3 aromatic carbocycles. The smallest absolute Gasteiger partial charge is 0.255 e. The van der Waals surface area contributed by atoms with Gasteiger partial charge in [-0.1, -0.05) is 48.5 Å². The lowest BCUT2D eigenvalue weighted by Crippen LogP contribution is -2.29. The molecule has 1 aliphatic heterocycles. The highest BCUT2D eigenvalue weighted by molar-refractivity contribution is 6.07. The first-order chi connectivity index (χ1) is 15.6. The van der Waals surface area contributed by atoms with Crippen LogP contribution in [0.3, 0.4) is 0 Å². The third-order valence-corrected chi connectivity index (χ3v) is 5.88. The molecule has 0 unspecified atom stereocenters. The molecule has 1 saturated heterocycles. The first kappa shape index (κ1) is 21.6. The van der Waals surface area contributed by atoms with E-state index in [1.54, 1.807) is 12.1 Å². The van der Waals surface area contributed by atoms with Crippen molar-refractivity contribution in [2.45, 2.75) is 26.2 Å². The van der Waals surface area contributed by atoms with Crippen LogP contribution in [-0.4, -0.2) is 31.4 Å². The minimum absolute atomic E-state index is 0.116. The van der Waals surface area contributed by atoms with Crippen molar-refractivity contribution < 1.29 is 9.59 Å². The normalized spacial score (nSPS) is 13.1. The number of carbonyl (C=O) groups is 2. The monoisotopic (exact) mass is 427 g/mol. The first-order valence-corrected chi connectivity index (χ1v) is 11.2.